The number of anilines is 2. The van der Waals surface area contributed by atoms with Crippen LogP contribution in [0.1, 0.15) is 27.2 Å². The minimum Gasteiger partial charge on any atom is -0.380 e. The van der Waals surface area contributed by atoms with Crippen molar-refractivity contribution < 1.29 is 9.47 Å². The lowest BCUT2D eigenvalue weighted by Gasteiger charge is -2.23. The zero-order valence-electron chi connectivity index (χ0n) is 13.5. The third kappa shape index (κ3) is 7.24. The van der Waals surface area contributed by atoms with Crippen LogP contribution in [-0.4, -0.2) is 56.0 Å². The zero-order valence-corrected chi connectivity index (χ0v) is 13.5. The molecule has 1 rings (SSSR count). The van der Waals surface area contributed by atoms with Gasteiger partial charge in [0.2, 0.25) is 0 Å². The summed E-state index contributed by atoms with van der Waals surface area (Å²) in [6.45, 7) is 11.5. The minimum absolute atomic E-state index is 0.685. The predicted molar refractivity (Wildman–Crippen MR) is 86.0 cm³/mol. The van der Waals surface area contributed by atoms with E-state index in [2.05, 4.69) is 27.1 Å². The molecule has 0 aliphatic rings. The van der Waals surface area contributed by atoms with Gasteiger partial charge in [0.25, 0.3) is 0 Å². The summed E-state index contributed by atoms with van der Waals surface area (Å²) in [6, 6.07) is 1.98. The van der Waals surface area contributed by atoms with E-state index in [9.17, 15) is 0 Å². The highest BCUT2D eigenvalue weighted by molar-refractivity contribution is 5.48. The molecule has 1 N–H and O–H groups in total. The van der Waals surface area contributed by atoms with Crippen molar-refractivity contribution in [2.24, 2.45) is 0 Å². The molecule has 0 aliphatic heterocycles. The normalized spacial score (nSPS) is 10.6. The molecule has 0 aliphatic carbocycles. The third-order valence-electron chi connectivity index (χ3n) is 2.95. The van der Waals surface area contributed by atoms with Gasteiger partial charge < -0.3 is 19.7 Å². The predicted octanol–water partition coefficient (Wildman–Crippen LogP) is 2.18. The van der Waals surface area contributed by atoms with Gasteiger partial charge >= 0.3 is 0 Å². The fourth-order valence-corrected chi connectivity index (χ4v) is 1.85. The van der Waals surface area contributed by atoms with Crippen LogP contribution >= 0.6 is 0 Å². The molecule has 0 atom stereocenters. The molecule has 0 spiro atoms. The summed E-state index contributed by atoms with van der Waals surface area (Å²) in [5.74, 6) is 1.77. The Kier molecular flexibility index (Phi) is 9.48. The van der Waals surface area contributed by atoms with E-state index in [-0.39, 0.29) is 0 Å². The number of nitrogens with one attached hydrogen (secondary N) is 1. The quantitative estimate of drug-likeness (QED) is 0.597. The topological polar surface area (TPSA) is 59.5 Å². The Morgan fingerprint density at radius 2 is 1.71 bits per heavy atom. The average Bonchev–Trinajstić information content (AvgIpc) is 2.52. The zero-order chi connectivity index (χ0) is 15.3. The smallest absolute Gasteiger partial charge is 0.134 e. The van der Waals surface area contributed by atoms with Crippen LogP contribution in [0.3, 0.4) is 0 Å². The van der Waals surface area contributed by atoms with Gasteiger partial charge in [0.05, 0.1) is 13.2 Å². The molecule has 1 aromatic heterocycles. The van der Waals surface area contributed by atoms with Crippen molar-refractivity contribution in [3.05, 3.63) is 12.4 Å². The van der Waals surface area contributed by atoms with Gasteiger partial charge in [-0.15, -0.1) is 0 Å². The fourth-order valence-electron chi connectivity index (χ4n) is 1.85. The van der Waals surface area contributed by atoms with E-state index < -0.39 is 0 Å². The second kappa shape index (κ2) is 11.3. The molecule has 1 heterocycles. The molecule has 21 heavy (non-hydrogen) atoms. The molecule has 0 bridgehead atoms. The second-order valence-corrected chi connectivity index (χ2v) is 4.57. The van der Waals surface area contributed by atoms with Crippen LogP contribution < -0.4 is 10.2 Å². The lowest BCUT2D eigenvalue weighted by molar-refractivity contribution is 0.141. The lowest BCUT2D eigenvalue weighted by Crippen LogP contribution is -2.32. The van der Waals surface area contributed by atoms with Gasteiger partial charge in [0.1, 0.15) is 18.0 Å². The molecule has 0 amide bonds. The SMILES string of the molecule is CCCNc1cc(N(CCOCC)CCOCC)ncn1. The number of hydrogen-bond acceptors (Lipinski definition) is 6. The fraction of sp³-hybridized carbons (Fsp3) is 0.733. The third-order valence-corrected chi connectivity index (χ3v) is 2.95. The van der Waals surface area contributed by atoms with Crippen molar-refractivity contribution in [3.8, 4) is 0 Å². The number of nitrogens with zero attached hydrogens (tertiary/aromatic N) is 3. The Bertz CT molecular complexity index is 366. The molecule has 1 aromatic rings. The maximum atomic E-state index is 5.45. The van der Waals surface area contributed by atoms with Crippen LogP contribution in [0.5, 0.6) is 0 Å². The summed E-state index contributed by atoms with van der Waals surface area (Å²) in [6.07, 6.45) is 2.67. The molecule has 0 saturated heterocycles. The van der Waals surface area contributed by atoms with Crippen molar-refractivity contribution in [1.29, 1.82) is 0 Å². The van der Waals surface area contributed by atoms with Crippen LogP contribution in [-0.2, 0) is 9.47 Å². The van der Waals surface area contributed by atoms with Crippen LogP contribution in [0.25, 0.3) is 0 Å². The lowest BCUT2D eigenvalue weighted by atomic mass is 10.4. The number of hydrogen-bond donors (Lipinski definition) is 1. The van der Waals surface area contributed by atoms with Crippen molar-refractivity contribution in [1.82, 2.24) is 9.97 Å². The first-order valence-corrected chi connectivity index (χ1v) is 7.78. The molecule has 0 fully saturated rings. The summed E-state index contributed by atoms with van der Waals surface area (Å²) in [4.78, 5) is 10.8. The number of rotatable bonds is 12. The van der Waals surface area contributed by atoms with Gasteiger partial charge in [-0.3, -0.25) is 0 Å². The van der Waals surface area contributed by atoms with E-state index in [1.807, 2.05) is 19.9 Å². The van der Waals surface area contributed by atoms with Gasteiger partial charge in [-0.2, -0.15) is 0 Å². The first-order chi connectivity index (χ1) is 10.3. The standard InChI is InChI=1S/C15H28N4O2/c1-4-7-16-14-12-15(18-13-17-14)19(8-10-20-5-2)9-11-21-6-3/h12-13H,4-11H2,1-3H3,(H,16,17,18). The molecule has 6 heteroatoms. The van der Waals surface area contributed by atoms with Crippen molar-refractivity contribution in [3.63, 3.8) is 0 Å². The molecule has 0 radical (unpaired) electrons. The summed E-state index contributed by atoms with van der Waals surface area (Å²) >= 11 is 0. The van der Waals surface area contributed by atoms with Crippen LogP contribution in [0.15, 0.2) is 12.4 Å². The van der Waals surface area contributed by atoms with E-state index in [1.54, 1.807) is 6.33 Å². The molecule has 0 unspecified atom stereocenters. The highest BCUT2D eigenvalue weighted by Gasteiger charge is 2.09. The minimum atomic E-state index is 0.685. The maximum absolute atomic E-state index is 5.45. The van der Waals surface area contributed by atoms with E-state index >= 15 is 0 Å². The summed E-state index contributed by atoms with van der Waals surface area (Å²) in [7, 11) is 0. The summed E-state index contributed by atoms with van der Waals surface area (Å²) in [5, 5.41) is 3.28. The summed E-state index contributed by atoms with van der Waals surface area (Å²) in [5.41, 5.74) is 0. The monoisotopic (exact) mass is 296 g/mol. The Morgan fingerprint density at radius 3 is 2.29 bits per heavy atom. The first-order valence-electron chi connectivity index (χ1n) is 7.78. The maximum Gasteiger partial charge on any atom is 0.134 e. The second-order valence-electron chi connectivity index (χ2n) is 4.57. The molecular weight excluding hydrogens is 268 g/mol. The number of ether oxygens (including phenoxy) is 2. The van der Waals surface area contributed by atoms with Gasteiger partial charge in [-0.1, -0.05) is 6.92 Å². The van der Waals surface area contributed by atoms with Crippen LogP contribution in [0.4, 0.5) is 11.6 Å². The highest BCUT2D eigenvalue weighted by atomic mass is 16.5. The summed E-state index contributed by atoms with van der Waals surface area (Å²) < 4.78 is 10.9. The Balaban J connectivity index is 2.65. The first kappa shape index (κ1) is 17.7. The highest BCUT2D eigenvalue weighted by Crippen LogP contribution is 2.14. The average molecular weight is 296 g/mol. The molecule has 6 nitrogen and oxygen atoms in total. The van der Waals surface area contributed by atoms with Gasteiger partial charge in [0.15, 0.2) is 0 Å². The Labute approximate surface area is 127 Å². The van der Waals surface area contributed by atoms with Gasteiger partial charge in [-0.05, 0) is 20.3 Å². The largest absolute Gasteiger partial charge is 0.380 e. The van der Waals surface area contributed by atoms with E-state index in [0.717, 1.165) is 50.9 Å². The number of aromatic nitrogens is 2. The molecule has 120 valence electrons. The van der Waals surface area contributed by atoms with Gasteiger partial charge in [0, 0.05) is 38.9 Å². The van der Waals surface area contributed by atoms with Gasteiger partial charge in [-0.25, -0.2) is 9.97 Å². The Hall–Kier alpha value is -1.40. The van der Waals surface area contributed by atoms with E-state index in [1.165, 1.54) is 0 Å². The van der Waals surface area contributed by atoms with Crippen LogP contribution in [0.2, 0.25) is 0 Å². The van der Waals surface area contributed by atoms with E-state index in [4.69, 9.17) is 9.47 Å². The van der Waals surface area contributed by atoms with Crippen molar-refractivity contribution in [2.75, 3.05) is 56.3 Å². The molecule has 0 saturated carbocycles. The van der Waals surface area contributed by atoms with E-state index in [0.29, 0.717) is 13.2 Å². The van der Waals surface area contributed by atoms with Crippen LogP contribution in [0, 0.1) is 0 Å². The molecular formula is C15H28N4O2. The van der Waals surface area contributed by atoms with Crippen molar-refractivity contribution >= 4 is 11.6 Å². The van der Waals surface area contributed by atoms with Crippen molar-refractivity contribution in [2.45, 2.75) is 27.2 Å². The Morgan fingerprint density at radius 1 is 1.05 bits per heavy atom. The molecule has 0 aromatic carbocycles.